The van der Waals surface area contributed by atoms with Crippen LogP contribution < -0.4 is 10.1 Å². The van der Waals surface area contributed by atoms with Gasteiger partial charge < -0.3 is 10.1 Å². The number of ether oxygens (including phenoxy) is 1. The molecule has 23 heavy (non-hydrogen) atoms. The van der Waals surface area contributed by atoms with Gasteiger partial charge in [-0.25, -0.2) is 14.4 Å². The van der Waals surface area contributed by atoms with Gasteiger partial charge in [-0.2, -0.15) is 0 Å². The Kier molecular flexibility index (Phi) is 4.53. The number of hydrogen-bond acceptors (Lipinski definition) is 6. The maximum absolute atomic E-state index is 12.8. The summed E-state index contributed by atoms with van der Waals surface area (Å²) in [6, 6.07) is 3.10. The lowest BCUT2D eigenvalue weighted by atomic mass is 10.0. The van der Waals surface area contributed by atoms with Crippen molar-refractivity contribution in [3.63, 3.8) is 0 Å². The predicted octanol–water partition coefficient (Wildman–Crippen LogP) is 2.29. The first kappa shape index (κ1) is 15.8. The number of rotatable bonds is 5. The predicted molar refractivity (Wildman–Crippen MR) is 84.9 cm³/mol. The number of halogens is 1. The quantitative estimate of drug-likeness (QED) is 0.907. The molecule has 2 atom stereocenters. The number of nitrogens with one attached hydrogen (secondary N) is 1. The van der Waals surface area contributed by atoms with E-state index in [1.165, 1.54) is 30.4 Å². The average molecular weight is 336 g/mol. The highest BCUT2D eigenvalue weighted by Gasteiger charge is 2.37. The van der Waals surface area contributed by atoms with Crippen molar-refractivity contribution in [2.24, 2.45) is 0 Å². The van der Waals surface area contributed by atoms with E-state index in [4.69, 9.17) is 4.74 Å². The van der Waals surface area contributed by atoms with Crippen LogP contribution in [0.5, 0.6) is 5.88 Å². The monoisotopic (exact) mass is 336 g/mol. The van der Waals surface area contributed by atoms with Crippen molar-refractivity contribution < 1.29 is 13.9 Å². The highest BCUT2D eigenvalue weighted by Crippen LogP contribution is 2.27. The van der Waals surface area contributed by atoms with E-state index in [0.29, 0.717) is 11.0 Å². The molecule has 3 rings (SSSR count). The van der Waals surface area contributed by atoms with E-state index in [1.54, 1.807) is 6.20 Å². The molecule has 1 saturated heterocycles. The summed E-state index contributed by atoms with van der Waals surface area (Å²) >= 11 is 1.47. The highest BCUT2D eigenvalue weighted by atomic mass is 32.1. The minimum Gasteiger partial charge on any atom is -0.471 e. The second-order valence-corrected chi connectivity index (χ2v) is 6.57. The Morgan fingerprint density at radius 2 is 2.30 bits per heavy atom. The number of amides is 1. The maximum Gasteiger partial charge on any atom is 0.223 e. The number of anilines is 1. The molecule has 2 aromatic rings. The van der Waals surface area contributed by atoms with Crippen LogP contribution in [-0.2, 0) is 11.3 Å². The first-order valence-electron chi connectivity index (χ1n) is 7.26. The third kappa shape index (κ3) is 3.83. The molecular weight excluding hydrogens is 319 g/mol. The van der Waals surface area contributed by atoms with E-state index in [1.807, 2.05) is 0 Å². The van der Waals surface area contributed by atoms with E-state index < -0.39 is 0 Å². The smallest absolute Gasteiger partial charge is 0.223 e. The van der Waals surface area contributed by atoms with Crippen LogP contribution in [-0.4, -0.2) is 39.5 Å². The molecule has 0 aliphatic carbocycles. The van der Waals surface area contributed by atoms with Gasteiger partial charge in [0.05, 0.1) is 6.20 Å². The first-order valence-corrected chi connectivity index (χ1v) is 8.07. The molecule has 0 spiro atoms. The molecular formula is C15H17FN4O2S. The summed E-state index contributed by atoms with van der Waals surface area (Å²) in [6.45, 7) is 5.07. The van der Waals surface area contributed by atoms with Crippen molar-refractivity contribution in [3.05, 3.63) is 35.2 Å². The Bertz CT molecular complexity index is 691. The molecule has 8 heteroatoms. The van der Waals surface area contributed by atoms with Gasteiger partial charge in [0.25, 0.3) is 0 Å². The Morgan fingerprint density at radius 3 is 2.96 bits per heavy atom. The van der Waals surface area contributed by atoms with Crippen molar-refractivity contribution in [3.8, 4) is 5.88 Å². The molecule has 1 fully saturated rings. The van der Waals surface area contributed by atoms with Gasteiger partial charge in [0.1, 0.15) is 11.9 Å². The number of hydrogen-bond donors (Lipinski definition) is 1. The molecule has 0 radical (unpaired) electrons. The molecule has 1 amide bonds. The summed E-state index contributed by atoms with van der Waals surface area (Å²) in [4.78, 5) is 22.4. The zero-order valence-electron chi connectivity index (χ0n) is 12.8. The van der Waals surface area contributed by atoms with Gasteiger partial charge in [-0.05, 0) is 13.0 Å². The highest BCUT2D eigenvalue weighted by molar-refractivity contribution is 7.15. The minimum atomic E-state index is -0.374. The molecule has 6 nitrogen and oxygen atoms in total. The van der Waals surface area contributed by atoms with Crippen LogP contribution in [0.25, 0.3) is 0 Å². The number of pyridine rings is 1. The SMILES string of the molecule is CC(=O)Nc1ncc(CN2CC(Oc3ccc(F)cn3)C2C)s1. The van der Waals surface area contributed by atoms with Gasteiger partial charge >= 0.3 is 0 Å². The molecule has 2 unspecified atom stereocenters. The number of carbonyl (C=O) groups is 1. The summed E-state index contributed by atoms with van der Waals surface area (Å²) in [5.74, 6) is -0.0575. The van der Waals surface area contributed by atoms with Crippen molar-refractivity contribution in [2.75, 3.05) is 11.9 Å². The fourth-order valence-corrected chi connectivity index (χ4v) is 3.25. The standard InChI is InChI=1S/C15H17FN4O2S/c1-9-13(22-14-4-3-11(16)5-17-14)8-20(9)7-12-6-18-15(23-12)19-10(2)21/h3-6,9,13H,7-8H2,1-2H3,(H,18,19,21). The van der Waals surface area contributed by atoms with E-state index >= 15 is 0 Å². The molecule has 122 valence electrons. The fourth-order valence-electron chi connectivity index (χ4n) is 2.37. The first-order chi connectivity index (χ1) is 11.0. The molecule has 1 aliphatic heterocycles. The van der Waals surface area contributed by atoms with Crippen LogP contribution in [0.15, 0.2) is 24.5 Å². The van der Waals surface area contributed by atoms with Crippen LogP contribution in [0.3, 0.4) is 0 Å². The van der Waals surface area contributed by atoms with Gasteiger partial charge in [-0.3, -0.25) is 9.69 Å². The van der Waals surface area contributed by atoms with Crippen molar-refractivity contribution in [1.82, 2.24) is 14.9 Å². The van der Waals surface area contributed by atoms with Crippen LogP contribution in [0.4, 0.5) is 9.52 Å². The molecule has 0 bridgehead atoms. The van der Waals surface area contributed by atoms with Gasteiger partial charge in [-0.15, -0.1) is 11.3 Å². The summed E-state index contributed by atoms with van der Waals surface area (Å²) in [6.07, 6.45) is 2.96. The number of aromatic nitrogens is 2. The lowest BCUT2D eigenvalue weighted by molar-refractivity contribution is -0.114. The fraction of sp³-hybridized carbons (Fsp3) is 0.400. The van der Waals surface area contributed by atoms with E-state index in [2.05, 4.69) is 27.1 Å². The topological polar surface area (TPSA) is 67.4 Å². The Hall–Kier alpha value is -2.06. The lowest BCUT2D eigenvalue weighted by Crippen LogP contribution is -2.60. The molecule has 1 N–H and O–H groups in total. The van der Waals surface area contributed by atoms with Gasteiger partial charge in [0.2, 0.25) is 11.8 Å². The van der Waals surface area contributed by atoms with Crippen LogP contribution in [0.1, 0.15) is 18.7 Å². The largest absolute Gasteiger partial charge is 0.471 e. The van der Waals surface area contributed by atoms with Gasteiger partial charge in [-0.1, -0.05) is 0 Å². The second-order valence-electron chi connectivity index (χ2n) is 5.45. The lowest BCUT2D eigenvalue weighted by Gasteiger charge is -2.45. The van der Waals surface area contributed by atoms with Crippen molar-refractivity contribution >= 4 is 22.4 Å². The normalized spacial score (nSPS) is 20.8. The molecule has 1 aliphatic rings. The van der Waals surface area contributed by atoms with Crippen molar-refractivity contribution in [1.29, 1.82) is 0 Å². The van der Waals surface area contributed by atoms with E-state index in [-0.39, 0.29) is 23.9 Å². The van der Waals surface area contributed by atoms with E-state index in [0.717, 1.165) is 24.2 Å². The van der Waals surface area contributed by atoms with E-state index in [9.17, 15) is 9.18 Å². The number of likely N-dealkylation sites (tertiary alicyclic amines) is 1. The number of thiazole rings is 1. The van der Waals surface area contributed by atoms with Crippen LogP contribution in [0.2, 0.25) is 0 Å². The zero-order chi connectivity index (χ0) is 16.4. The summed E-state index contributed by atoms with van der Waals surface area (Å²) in [5, 5.41) is 3.29. The molecule has 2 aromatic heterocycles. The minimum absolute atomic E-state index is 0.0377. The summed E-state index contributed by atoms with van der Waals surface area (Å²) in [7, 11) is 0. The van der Waals surface area contributed by atoms with Crippen LogP contribution >= 0.6 is 11.3 Å². The van der Waals surface area contributed by atoms with Gasteiger partial charge in [0, 0.05) is 43.2 Å². The van der Waals surface area contributed by atoms with Crippen LogP contribution in [0, 0.1) is 5.82 Å². The molecule has 3 heterocycles. The Morgan fingerprint density at radius 1 is 1.48 bits per heavy atom. The summed E-state index contributed by atoms with van der Waals surface area (Å²) in [5.41, 5.74) is 0. The van der Waals surface area contributed by atoms with Crippen molar-refractivity contribution in [2.45, 2.75) is 32.5 Å². The third-order valence-electron chi connectivity index (χ3n) is 3.70. The average Bonchev–Trinajstić information content (AvgIpc) is 2.94. The maximum atomic E-state index is 12.8. The molecule has 0 aromatic carbocycles. The number of carbonyl (C=O) groups excluding carboxylic acids is 1. The Labute approximate surface area is 137 Å². The van der Waals surface area contributed by atoms with Gasteiger partial charge in [0.15, 0.2) is 5.13 Å². The second kappa shape index (κ2) is 6.59. The number of nitrogens with zero attached hydrogens (tertiary/aromatic N) is 3. The summed E-state index contributed by atoms with van der Waals surface area (Å²) < 4.78 is 18.6. The Balaban J connectivity index is 1.51. The molecule has 0 saturated carbocycles. The zero-order valence-corrected chi connectivity index (χ0v) is 13.6. The third-order valence-corrected chi connectivity index (χ3v) is 4.59.